The van der Waals surface area contributed by atoms with Crippen LogP contribution in [0.1, 0.15) is 57.9 Å². The number of hydrogen-bond acceptors (Lipinski definition) is 1. The van der Waals surface area contributed by atoms with Crippen LogP contribution in [-0.4, -0.2) is 0 Å². The minimum absolute atomic E-state index is 0.434. The van der Waals surface area contributed by atoms with Crippen LogP contribution in [0.15, 0.2) is 90.1 Å². The topological polar surface area (TPSA) is 0 Å². The largest absolute Gasteiger partial charge is 0.135 e. The van der Waals surface area contributed by atoms with Crippen molar-refractivity contribution in [3.63, 3.8) is 0 Å². The number of hydrogen-bond donors (Lipinski definition) is 0. The fourth-order valence-corrected chi connectivity index (χ4v) is 6.12. The molecule has 0 spiro atoms. The Hall–Kier alpha value is -2.38. The molecule has 1 unspecified atom stereocenters. The van der Waals surface area contributed by atoms with Crippen molar-refractivity contribution < 1.29 is 0 Å². The van der Waals surface area contributed by atoms with Crippen molar-refractivity contribution in [1.82, 2.24) is 0 Å². The first kappa shape index (κ1) is 20.9. The molecule has 1 atom stereocenters. The lowest BCUT2D eigenvalue weighted by Crippen LogP contribution is -2.12. The van der Waals surface area contributed by atoms with E-state index in [4.69, 9.17) is 0 Å². The Morgan fingerprint density at radius 3 is 2.60 bits per heavy atom. The minimum Gasteiger partial charge on any atom is -0.135 e. The molecule has 1 aliphatic rings. The molecule has 4 rings (SSSR count). The molecule has 1 heteroatoms. The Morgan fingerprint density at radius 1 is 1.07 bits per heavy atom. The third kappa shape index (κ3) is 3.84. The average Bonchev–Trinajstić information content (AvgIpc) is 3.17. The maximum atomic E-state index is 4.40. The van der Waals surface area contributed by atoms with Crippen LogP contribution in [0.2, 0.25) is 0 Å². The van der Waals surface area contributed by atoms with Crippen LogP contribution in [0.25, 0.3) is 20.2 Å². The van der Waals surface area contributed by atoms with Gasteiger partial charge in [0.25, 0.3) is 0 Å². The molecule has 0 radical (unpaired) electrons. The smallest absolute Gasteiger partial charge is 0.0393 e. The van der Waals surface area contributed by atoms with E-state index in [1.807, 2.05) is 11.3 Å². The van der Waals surface area contributed by atoms with Crippen LogP contribution >= 0.6 is 11.3 Å². The summed E-state index contributed by atoms with van der Waals surface area (Å²) in [5.41, 5.74) is 5.60. The predicted octanol–water partition coefficient (Wildman–Crippen LogP) is 9.35. The monoisotopic (exact) mass is 412 g/mol. The molecule has 154 valence electrons. The van der Waals surface area contributed by atoms with Gasteiger partial charge in [0.15, 0.2) is 0 Å². The molecule has 30 heavy (non-hydrogen) atoms. The highest BCUT2D eigenvalue weighted by molar-refractivity contribution is 7.26. The molecule has 0 N–H and O–H groups in total. The molecule has 0 saturated carbocycles. The molecule has 0 saturated heterocycles. The Labute approximate surface area is 185 Å². The molecule has 1 aromatic heterocycles. The van der Waals surface area contributed by atoms with Crippen LogP contribution in [0.3, 0.4) is 0 Å². The lowest BCUT2D eigenvalue weighted by molar-refractivity contribution is 0.535. The summed E-state index contributed by atoms with van der Waals surface area (Å²) >= 11 is 1.94. The van der Waals surface area contributed by atoms with Crippen molar-refractivity contribution in [2.75, 3.05) is 0 Å². The van der Waals surface area contributed by atoms with E-state index in [0.29, 0.717) is 11.8 Å². The van der Waals surface area contributed by atoms with Gasteiger partial charge in [-0.15, -0.1) is 11.3 Å². The lowest BCUT2D eigenvalue weighted by Gasteiger charge is -2.28. The second-order valence-corrected chi connectivity index (χ2v) is 9.33. The summed E-state index contributed by atoms with van der Waals surface area (Å²) in [7, 11) is 0. The third-order valence-corrected chi connectivity index (χ3v) is 7.73. The van der Waals surface area contributed by atoms with Crippen molar-refractivity contribution in [1.29, 1.82) is 0 Å². The second kappa shape index (κ2) is 9.18. The first-order valence-corrected chi connectivity index (χ1v) is 12.2. The number of benzene rings is 2. The molecular formula is C29H32S. The minimum atomic E-state index is 0.434. The van der Waals surface area contributed by atoms with E-state index < -0.39 is 0 Å². The summed E-state index contributed by atoms with van der Waals surface area (Å²) in [6.45, 7) is 11.2. The number of fused-ring (bicyclic) bond motifs is 3. The fraction of sp³-hybridized carbons (Fsp3) is 0.310. The van der Waals surface area contributed by atoms with Crippen molar-refractivity contribution in [3.05, 3.63) is 95.6 Å². The molecule has 0 aliphatic heterocycles. The molecule has 1 heterocycles. The van der Waals surface area contributed by atoms with Crippen molar-refractivity contribution in [2.45, 2.75) is 52.4 Å². The standard InChI is InChI=1S/C29H32S/c1-5-8-12-20(4)23-18-17-22(19-27(23)21(6-2)7-3)24-14-11-15-26-25-13-9-10-16-28(25)30-29(24)26/h8-18,21-22H,4-7,19H2,1-3H3/b12-8-. The van der Waals surface area contributed by atoms with Crippen molar-refractivity contribution in [3.8, 4) is 0 Å². The van der Waals surface area contributed by atoms with Gasteiger partial charge in [0.2, 0.25) is 0 Å². The highest BCUT2D eigenvalue weighted by atomic mass is 32.1. The fourth-order valence-electron chi connectivity index (χ4n) is 4.84. The van der Waals surface area contributed by atoms with Crippen molar-refractivity contribution in [2.24, 2.45) is 5.92 Å². The Bertz CT molecular complexity index is 1150. The van der Waals surface area contributed by atoms with E-state index in [1.165, 1.54) is 44.2 Å². The first-order valence-electron chi connectivity index (χ1n) is 11.3. The zero-order chi connectivity index (χ0) is 21.1. The summed E-state index contributed by atoms with van der Waals surface area (Å²) in [6.07, 6.45) is 13.7. The highest BCUT2D eigenvalue weighted by Gasteiger charge is 2.25. The van der Waals surface area contributed by atoms with Crippen LogP contribution in [0.4, 0.5) is 0 Å². The maximum absolute atomic E-state index is 4.40. The van der Waals surface area contributed by atoms with Crippen LogP contribution in [0.5, 0.6) is 0 Å². The normalized spacial score (nSPS) is 17.1. The van der Waals surface area contributed by atoms with Crippen molar-refractivity contribution >= 4 is 31.5 Å². The zero-order valence-electron chi connectivity index (χ0n) is 18.4. The van der Waals surface area contributed by atoms with Gasteiger partial charge in [-0.2, -0.15) is 0 Å². The molecule has 0 fully saturated rings. The Balaban J connectivity index is 1.78. The summed E-state index contributed by atoms with van der Waals surface area (Å²) in [5, 5.41) is 2.78. The summed E-state index contributed by atoms with van der Waals surface area (Å²) in [6, 6.07) is 15.7. The zero-order valence-corrected chi connectivity index (χ0v) is 19.3. The van der Waals surface area contributed by atoms with E-state index in [9.17, 15) is 0 Å². The van der Waals surface area contributed by atoms with Gasteiger partial charge in [0.1, 0.15) is 0 Å². The van der Waals surface area contributed by atoms with E-state index in [0.717, 1.165) is 18.4 Å². The quantitative estimate of drug-likeness (QED) is 0.339. The van der Waals surface area contributed by atoms with Gasteiger partial charge in [-0.25, -0.2) is 0 Å². The molecule has 0 nitrogen and oxygen atoms in total. The number of thiophene rings is 1. The second-order valence-electron chi connectivity index (χ2n) is 8.28. The van der Waals surface area contributed by atoms with Gasteiger partial charge in [-0.3, -0.25) is 0 Å². The van der Waals surface area contributed by atoms with E-state index in [-0.39, 0.29) is 0 Å². The predicted molar refractivity (Wildman–Crippen MR) is 135 cm³/mol. The molecule has 0 bridgehead atoms. The van der Waals surface area contributed by atoms with Crippen LogP contribution < -0.4 is 0 Å². The molecule has 3 aromatic rings. The maximum Gasteiger partial charge on any atom is 0.0393 e. The van der Waals surface area contributed by atoms with Crippen LogP contribution in [0, 0.1) is 5.92 Å². The van der Waals surface area contributed by atoms with Gasteiger partial charge in [0, 0.05) is 26.1 Å². The molecule has 2 aromatic carbocycles. The average molecular weight is 413 g/mol. The molecular weight excluding hydrogens is 380 g/mol. The SMILES string of the molecule is C=C(/C=C\CC)C1=C(C(CC)CC)CC(c2cccc3c2sc2ccccc23)C=C1. The Kier molecular flexibility index (Phi) is 6.39. The lowest BCUT2D eigenvalue weighted by atomic mass is 9.76. The summed E-state index contributed by atoms with van der Waals surface area (Å²) in [4.78, 5) is 0. The first-order chi connectivity index (χ1) is 14.7. The number of rotatable bonds is 7. The van der Waals surface area contributed by atoms with E-state index >= 15 is 0 Å². The van der Waals surface area contributed by atoms with Gasteiger partial charge in [-0.1, -0.05) is 93.6 Å². The molecule has 0 amide bonds. The Morgan fingerprint density at radius 2 is 1.83 bits per heavy atom. The van der Waals surface area contributed by atoms with Gasteiger partial charge in [-0.05, 0) is 54.4 Å². The third-order valence-electron chi connectivity index (χ3n) is 6.49. The molecule has 1 aliphatic carbocycles. The van der Waals surface area contributed by atoms with Crippen LogP contribution in [-0.2, 0) is 0 Å². The summed E-state index contributed by atoms with van der Waals surface area (Å²) < 4.78 is 2.83. The van der Waals surface area contributed by atoms with Gasteiger partial charge < -0.3 is 0 Å². The van der Waals surface area contributed by atoms with Gasteiger partial charge >= 0.3 is 0 Å². The van der Waals surface area contributed by atoms with Gasteiger partial charge in [0.05, 0.1) is 0 Å². The number of allylic oxidation sites excluding steroid dienone is 7. The summed E-state index contributed by atoms with van der Waals surface area (Å²) in [5.74, 6) is 1.06. The highest BCUT2D eigenvalue weighted by Crippen LogP contribution is 2.44. The van der Waals surface area contributed by atoms with E-state index in [1.54, 1.807) is 5.57 Å². The van der Waals surface area contributed by atoms with E-state index in [2.05, 4.69) is 94.1 Å².